The first-order valence-corrected chi connectivity index (χ1v) is 4.87. The summed E-state index contributed by atoms with van der Waals surface area (Å²) < 4.78 is 0. The van der Waals surface area contributed by atoms with Gasteiger partial charge in [0.2, 0.25) is 0 Å². The van der Waals surface area contributed by atoms with E-state index in [0.29, 0.717) is 16.5 Å². The standard InChI is InChI=1S/C10H11ClN2O/c1-5(2)6-3-7(11)9-8(4-6)12-10(14)13-9/h3-5H,1-2H3,(H2,12,13,14). The molecule has 3 nitrogen and oxygen atoms in total. The Labute approximate surface area is 86.1 Å². The van der Waals surface area contributed by atoms with Crippen LogP contribution in [0.4, 0.5) is 0 Å². The Morgan fingerprint density at radius 1 is 1.29 bits per heavy atom. The van der Waals surface area contributed by atoms with Gasteiger partial charge in [-0.15, -0.1) is 0 Å². The van der Waals surface area contributed by atoms with E-state index >= 15 is 0 Å². The molecule has 2 rings (SSSR count). The number of benzene rings is 1. The molecule has 4 heteroatoms. The van der Waals surface area contributed by atoms with Crippen LogP contribution in [0.3, 0.4) is 0 Å². The van der Waals surface area contributed by atoms with E-state index < -0.39 is 0 Å². The maximum Gasteiger partial charge on any atom is 0.323 e. The summed E-state index contributed by atoms with van der Waals surface area (Å²) in [5, 5.41) is 0.588. The van der Waals surface area contributed by atoms with Crippen molar-refractivity contribution in [3.05, 3.63) is 33.2 Å². The third kappa shape index (κ3) is 1.44. The van der Waals surface area contributed by atoms with Gasteiger partial charge in [0, 0.05) is 0 Å². The van der Waals surface area contributed by atoms with Crippen LogP contribution in [-0.2, 0) is 0 Å². The van der Waals surface area contributed by atoms with Gasteiger partial charge in [-0.25, -0.2) is 4.79 Å². The molecule has 74 valence electrons. The molecule has 0 saturated heterocycles. The number of nitrogens with one attached hydrogen (secondary N) is 2. The number of H-pyrrole nitrogens is 2. The first kappa shape index (κ1) is 9.34. The molecule has 0 aliphatic heterocycles. The molecule has 0 amide bonds. The monoisotopic (exact) mass is 210 g/mol. The highest BCUT2D eigenvalue weighted by atomic mass is 35.5. The highest BCUT2D eigenvalue weighted by Crippen LogP contribution is 2.25. The number of hydrogen-bond donors (Lipinski definition) is 2. The quantitative estimate of drug-likeness (QED) is 0.747. The predicted molar refractivity (Wildman–Crippen MR) is 58.0 cm³/mol. The van der Waals surface area contributed by atoms with Crippen molar-refractivity contribution in [2.75, 3.05) is 0 Å². The molecule has 0 aliphatic rings. The lowest BCUT2D eigenvalue weighted by atomic mass is 10.0. The average molecular weight is 211 g/mol. The molecule has 14 heavy (non-hydrogen) atoms. The molecule has 0 fully saturated rings. The average Bonchev–Trinajstić information content (AvgIpc) is 2.45. The Kier molecular flexibility index (Phi) is 2.11. The number of aromatic amines is 2. The van der Waals surface area contributed by atoms with Crippen LogP contribution in [0.1, 0.15) is 25.3 Å². The molecular formula is C10H11ClN2O. The Bertz CT molecular complexity index is 524. The van der Waals surface area contributed by atoms with Crippen molar-refractivity contribution in [3.8, 4) is 0 Å². The zero-order valence-electron chi connectivity index (χ0n) is 8.02. The Hall–Kier alpha value is -1.22. The molecule has 0 saturated carbocycles. The van der Waals surface area contributed by atoms with E-state index in [1.807, 2.05) is 12.1 Å². The maximum absolute atomic E-state index is 11.1. The summed E-state index contributed by atoms with van der Waals surface area (Å²) in [7, 11) is 0. The molecule has 1 heterocycles. The lowest BCUT2D eigenvalue weighted by Crippen LogP contribution is -1.99. The third-order valence-corrected chi connectivity index (χ3v) is 2.56. The molecule has 2 aromatic rings. The molecule has 0 unspecified atom stereocenters. The summed E-state index contributed by atoms with van der Waals surface area (Å²) in [6.07, 6.45) is 0. The summed E-state index contributed by atoms with van der Waals surface area (Å²) in [4.78, 5) is 16.4. The van der Waals surface area contributed by atoms with Crippen LogP contribution in [0.5, 0.6) is 0 Å². The van der Waals surface area contributed by atoms with Gasteiger partial charge in [-0.3, -0.25) is 0 Å². The highest BCUT2D eigenvalue weighted by molar-refractivity contribution is 6.35. The van der Waals surface area contributed by atoms with Gasteiger partial charge >= 0.3 is 5.69 Å². The van der Waals surface area contributed by atoms with Crippen molar-refractivity contribution in [1.29, 1.82) is 0 Å². The molecule has 0 aliphatic carbocycles. The summed E-state index contributed by atoms with van der Waals surface area (Å²) in [6, 6.07) is 3.84. The van der Waals surface area contributed by atoms with Crippen molar-refractivity contribution in [1.82, 2.24) is 9.97 Å². The summed E-state index contributed by atoms with van der Waals surface area (Å²) >= 11 is 6.03. The zero-order chi connectivity index (χ0) is 10.3. The Balaban J connectivity index is 2.77. The molecular weight excluding hydrogens is 200 g/mol. The fraction of sp³-hybridized carbons (Fsp3) is 0.300. The van der Waals surface area contributed by atoms with Crippen molar-refractivity contribution >= 4 is 22.6 Å². The van der Waals surface area contributed by atoms with Crippen LogP contribution < -0.4 is 5.69 Å². The minimum atomic E-state index is -0.220. The highest BCUT2D eigenvalue weighted by Gasteiger charge is 2.07. The van der Waals surface area contributed by atoms with E-state index in [1.54, 1.807) is 0 Å². The summed E-state index contributed by atoms with van der Waals surface area (Å²) in [6.45, 7) is 4.17. The molecule has 0 bridgehead atoms. The number of imidazole rings is 1. The lowest BCUT2D eigenvalue weighted by Gasteiger charge is -2.05. The molecule has 2 N–H and O–H groups in total. The molecule has 0 atom stereocenters. The van der Waals surface area contributed by atoms with E-state index in [9.17, 15) is 4.79 Å². The first-order valence-electron chi connectivity index (χ1n) is 4.49. The predicted octanol–water partition coefficient (Wildman–Crippen LogP) is 2.63. The number of aromatic nitrogens is 2. The van der Waals surface area contributed by atoms with Crippen LogP contribution in [0.25, 0.3) is 11.0 Å². The van der Waals surface area contributed by atoms with Crippen LogP contribution in [0.2, 0.25) is 5.02 Å². The first-order chi connectivity index (χ1) is 6.58. The van der Waals surface area contributed by atoms with E-state index in [4.69, 9.17) is 11.6 Å². The van der Waals surface area contributed by atoms with Crippen LogP contribution in [-0.4, -0.2) is 9.97 Å². The molecule has 0 spiro atoms. The second-order valence-corrected chi connectivity index (χ2v) is 4.07. The fourth-order valence-electron chi connectivity index (χ4n) is 1.45. The molecule has 1 aromatic heterocycles. The van der Waals surface area contributed by atoms with E-state index in [0.717, 1.165) is 11.1 Å². The second-order valence-electron chi connectivity index (χ2n) is 3.66. The normalized spacial score (nSPS) is 11.4. The van der Waals surface area contributed by atoms with Crippen LogP contribution in [0.15, 0.2) is 16.9 Å². The van der Waals surface area contributed by atoms with Gasteiger partial charge in [0.05, 0.1) is 16.1 Å². The Morgan fingerprint density at radius 2 is 2.00 bits per heavy atom. The topological polar surface area (TPSA) is 48.6 Å². The van der Waals surface area contributed by atoms with E-state index in [-0.39, 0.29) is 5.69 Å². The van der Waals surface area contributed by atoms with Crippen molar-refractivity contribution in [2.45, 2.75) is 19.8 Å². The minimum Gasteiger partial charge on any atom is -0.306 e. The fourth-order valence-corrected chi connectivity index (χ4v) is 1.73. The van der Waals surface area contributed by atoms with Gasteiger partial charge in [0.15, 0.2) is 0 Å². The number of rotatable bonds is 1. The smallest absolute Gasteiger partial charge is 0.306 e. The van der Waals surface area contributed by atoms with E-state index in [2.05, 4.69) is 23.8 Å². The number of hydrogen-bond acceptors (Lipinski definition) is 1. The summed E-state index contributed by atoms with van der Waals surface area (Å²) in [5.41, 5.74) is 2.35. The van der Waals surface area contributed by atoms with Crippen molar-refractivity contribution < 1.29 is 0 Å². The molecule has 0 radical (unpaired) electrons. The van der Waals surface area contributed by atoms with Crippen LogP contribution >= 0.6 is 11.6 Å². The van der Waals surface area contributed by atoms with Crippen molar-refractivity contribution in [3.63, 3.8) is 0 Å². The van der Waals surface area contributed by atoms with Gasteiger partial charge in [-0.05, 0) is 23.6 Å². The van der Waals surface area contributed by atoms with Gasteiger partial charge in [0.1, 0.15) is 0 Å². The SMILES string of the molecule is CC(C)c1cc(Cl)c2[nH]c(=O)[nH]c2c1. The largest absolute Gasteiger partial charge is 0.323 e. The Morgan fingerprint density at radius 3 is 2.64 bits per heavy atom. The summed E-state index contributed by atoms with van der Waals surface area (Å²) in [5.74, 6) is 0.398. The number of fused-ring (bicyclic) bond motifs is 1. The van der Waals surface area contributed by atoms with Crippen molar-refractivity contribution in [2.24, 2.45) is 0 Å². The number of halogens is 1. The molecule has 1 aromatic carbocycles. The third-order valence-electron chi connectivity index (χ3n) is 2.27. The van der Waals surface area contributed by atoms with Gasteiger partial charge in [0.25, 0.3) is 0 Å². The van der Waals surface area contributed by atoms with Gasteiger partial charge < -0.3 is 9.97 Å². The lowest BCUT2D eigenvalue weighted by molar-refractivity contribution is 0.868. The maximum atomic E-state index is 11.1. The minimum absolute atomic E-state index is 0.220. The van der Waals surface area contributed by atoms with Gasteiger partial charge in [-0.2, -0.15) is 0 Å². The van der Waals surface area contributed by atoms with Crippen LogP contribution in [0, 0.1) is 0 Å². The zero-order valence-corrected chi connectivity index (χ0v) is 8.77. The van der Waals surface area contributed by atoms with E-state index in [1.165, 1.54) is 0 Å². The second kappa shape index (κ2) is 3.17. The van der Waals surface area contributed by atoms with Gasteiger partial charge in [-0.1, -0.05) is 25.4 Å².